The monoisotopic (exact) mass is 714 g/mol. The highest BCUT2D eigenvalue weighted by molar-refractivity contribution is 5.84. The average Bonchev–Trinajstić information content (AvgIpc) is 3.17. The van der Waals surface area contributed by atoms with E-state index in [1.807, 2.05) is 0 Å². The van der Waals surface area contributed by atoms with Crippen LogP contribution < -0.4 is 9.80 Å². The van der Waals surface area contributed by atoms with Crippen LogP contribution in [0, 0.1) is 48.5 Å². The molecule has 0 aliphatic rings. The fourth-order valence-corrected chi connectivity index (χ4v) is 7.63. The largest absolute Gasteiger partial charge is 0.310 e. The Morgan fingerprint density at radius 2 is 0.691 bits per heavy atom. The predicted molar refractivity (Wildman–Crippen MR) is 240 cm³/mol. The first kappa shape index (κ1) is 37.0. The number of benzene rings is 7. The summed E-state index contributed by atoms with van der Waals surface area (Å²) in [4.78, 5) is 4.66. The van der Waals surface area contributed by atoms with Gasteiger partial charge in [0.15, 0.2) is 0 Å². The van der Waals surface area contributed by atoms with Crippen molar-refractivity contribution in [2.75, 3.05) is 9.80 Å². The quantitative estimate of drug-likeness (QED) is 0.130. The van der Waals surface area contributed by atoms with Crippen LogP contribution in [0.3, 0.4) is 0 Å². The van der Waals surface area contributed by atoms with Gasteiger partial charge in [-0.25, -0.2) is 0 Å². The molecule has 7 rings (SSSR count). The topological polar surface area (TPSA) is 6.48 Å². The molecule has 0 aliphatic carbocycles. The van der Waals surface area contributed by atoms with Crippen molar-refractivity contribution < 1.29 is 0 Å². The van der Waals surface area contributed by atoms with Gasteiger partial charge in [0.1, 0.15) is 0 Å². The number of hydrogen-bond donors (Lipinski definition) is 0. The van der Waals surface area contributed by atoms with Crippen LogP contribution in [-0.4, -0.2) is 0 Å². The Morgan fingerprint density at radius 1 is 0.309 bits per heavy atom. The predicted octanol–water partition coefficient (Wildman–Crippen LogP) is 15.1. The molecule has 272 valence electrons. The van der Waals surface area contributed by atoms with Crippen LogP contribution in [0.2, 0.25) is 0 Å². The summed E-state index contributed by atoms with van der Waals surface area (Å²) in [6, 6.07) is 54.5. The lowest BCUT2D eigenvalue weighted by molar-refractivity contribution is 1.26. The molecule has 0 heterocycles. The Bertz CT molecular complexity index is 2330. The number of para-hydroxylation sites is 2. The standard InChI is InChI=1S/C53H50N2/c1-37-16-14-22-48(32-37)54(46-18-10-8-11-19-46)50-28-24-44(39(3)35-50)26-30-52-41(5)34-42(6)53(43(52)7)31-27-45-25-29-51(36-40(45)4)55(47-20-12-9-13-21-47)49-23-15-17-38(2)33-49/h8-36H,1-7H3. The van der Waals surface area contributed by atoms with E-state index in [0.29, 0.717) is 0 Å². The van der Waals surface area contributed by atoms with Crippen LogP contribution in [0.1, 0.15) is 61.2 Å². The molecule has 0 amide bonds. The molecule has 0 aromatic heterocycles. The lowest BCUT2D eigenvalue weighted by Crippen LogP contribution is -2.10. The zero-order valence-electron chi connectivity index (χ0n) is 33.1. The van der Waals surface area contributed by atoms with E-state index in [1.165, 1.54) is 61.2 Å². The summed E-state index contributed by atoms with van der Waals surface area (Å²) in [6.07, 6.45) is 9.13. The highest BCUT2D eigenvalue weighted by Gasteiger charge is 2.15. The fraction of sp³-hybridized carbons (Fsp3) is 0.132. The smallest absolute Gasteiger partial charge is 0.0464 e. The van der Waals surface area contributed by atoms with E-state index in [9.17, 15) is 0 Å². The zero-order valence-corrected chi connectivity index (χ0v) is 33.1. The van der Waals surface area contributed by atoms with Crippen LogP contribution in [-0.2, 0) is 0 Å². The molecule has 7 aromatic rings. The van der Waals surface area contributed by atoms with Gasteiger partial charge in [-0.1, -0.05) is 103 Å². The Kier molecular flexibility index (Phi) is 11.0. The molecule has 0 unspecified atom stereocenters. The van der Waals surface area contributed by atoms with Gasteiger partial charge in [0.2, 0.25) is 0 Å². The molecule has 0 saturated heterocycles. The zero-order chi connectivity index (χ0) is 38.5. The second-order valence-corrected chi connectivity index (χ2v) is 14.7. The molecule has 0 atom stereocenters. The van der Waals surface area contributed by atoms with E-state index >= 15 is 0 Å². The molecule has 0 aliphatic heterocycles. The van der Waals surface area contributed by atoms with Crippen molar-refractivity contribution in [1.82, 2.24) is 0 Å². The van der Waals surface area contributed by atoms with Crippen molar-refractivity contribution in [2.24, 2.45) is 0 Å². The minimum Gasteiger partial charge on any atom is -0.310 e. The van der Waals surface area contributed by atoms with Crippen molar-refractivity contribution in [1.29, 1.82) is 0 Å². The van der Waals surface area contributed by atoms with E-state index in [0.717, 1.165) is 34.1 Å². The summed E-state index contributed by atoms with van der Waals surface area (Å²) in [5.41, 5.74) is 20.6. The highest BCUT2D eigenvalue weighted by atomic mass is 15.1. The lowest BCUT2D eigenvalue weighted by atomic mass is 9.91. The fourth-order valence-electron chi connectivity index (χ4n) is 7.63. The van der Waals surface area contributed by atoms with Gasteiger partial charge in [-0.3, -0.25) is 0 Å². The van der Waals surface area contributed by atoms with Crippen LogP contribution in [0.25, 0.3) is 24.3 Å². The van der Waals surface area contributed by atoms with Crippen molar-refractivity contribution in [3.63, 3.8) is 0 Å². The van der Waals surface area contributed by atoms with E-state index in [2.05, 4.69) is 234 Å². The summed E-state index contributed by atoms with van der Waals surface area (Å²) < 4.78 is 0. The van der Waals surface area contributed by atoms with Crippen molar-refractivity contribution in [2.45, 2.75) is 48.5 Å². The molecule has 0 fully saturated rings. The van der Waals surface area contributed by atoms with Crippen LogP contribution in [0.4, 0.5) is 34.1 Å². The summed E-state index contributed by atoms with van der Waals surface area (Å²) in [7, 11) is 0. The van der Waals surface area contributed by atoms with Gasteiger partial charge in [0.05, 0.1) is 0 Å². The SMILES string of the molecule is Cc1cccc(N(c2ccccc2)c2ccc(C=Cc3c(C)cc(C)c(C=Cc4ccc(N(c5ccccc5)c5cccc(C)c5)cc4C)c3C)c(C)c2)c1. The number of hydrogen-bond acceptors (Lipinski definition) is 2. The van der Waals surface area contributed by atoms with Gasteiger partial charge >= 0.3 is 0 Å². The van der Waals surface area contributed by atoms with Crippen LogP contribution >= 0.6 is 0 Å². The van der Waals surface area contributed by atoms with Gasteiger partial charge in [-0.15, -0.1) is 0 Å². The number of rotatable bonds is 10. The van der Waals surface area contributed by atoms with E-state index in [4.69, 9.17) is 0 Å². The molecule has 7 aromatic carbocycles. The molecule has 55 heavy (non-hydrogen) atoms. The van der Waals surface area contributed by atoms with Crippen LogP contribution in [0.5, 0.6) is 0 Å². The summed E-state index contributed by atoms with van der Waals surface area (Å²) in [5.74, 6) is 0. The van der Waals surface area contributed by atoms with Gasteiger partial charge in [0.25, 0.3) is 0 Å². The molecular formula is C53H50N2. The summed E-state index contributed by atoms with van der Waals surface area (Å²) >= 11 is 0. The summed E-state index contributed by atoms with van der Waals surface area (Å²) in [6.45, 7) is 15.4. The second kappa shape index (κ2) is 16.3. The maximum atomic E-state index is 2.33. The van der Waals surface area contributed by atoms with Gasteiger partial charge in [-0.2, -0.15) is 0 Å². The van der Waals surface area contributed by atoms with Gasteiger partial charge in [-0.05, 0) is 182 Å². The molecule has 0 radical (unpaired) electrons. The maximum Gasteiger partial charge on any atom is 0.0464 e. The number of nitrogens with zero attached hydrogens (tertiary/aromatic N) is 2. The molecular weight excluding hydrogens is 665 g/mol. The van der Waals surface area contributed by atoms with Crippen molar-refractivity contribution in [3.8, 4) is 0 Å². The number of anilines is 6. The van der Waals surface area contributed by atoms with E-state index < -0.39 is 0 Å². The van der Waals surface area contributed by atoms with Crippen molar-refractivity contribution in [3.05, 3.63) is 213 Å². The maximum absolute atomic E-state index is 2.33. The summed E-state index contributed by atoms with van der Waals surface area (Å²) in [5, 5.41) is 0. The van der Waals surface area contributed by atoms with E-state index in [1.54, 1.807) is 0 Å². The Morgan fingerprint density at radius 3 is 1.07 bits per heavy atom. The van der Waals surface area contributed by atoms with Crippen LogP contribution in [0.15, 0.2) is 152 Å². The molecule has 2 nitrogen and oxygen atoms in total. The number of aryl methyl sites for hydroxylation is 6. The third-order valence-electron chi connectivity index (χ3n) is 10.5. The normalized spacial score (nSPS) is 11.4. The molecule has 0 spiro atoms. The third kappa shape index (κ3) is 8.25. The first-order valence-corrected chi connectivity index (χ1v) is 19.2. The average molecular weight is 715 g/mol. The minimum atomic E-state index is 1.14. The lowest BCUT2D eigenvalue weighted by Gasteiger charge is -2.26. The van der Waals surface area contributed by atoms with Gasteiger partial charge < -0.3 is 9.80 Å². The minimum absolute atomic E-state index is 1.14. The molecule has 2 heteroatoms. The van der Waals surface area contributed by atoms with Gasteiger partial charge in [0, 0.05) is 34.1 Å². The Hall–Kier alpha value is -6.38. The second-order valence-electron chi connectivity index (χ2n) is 14.7. The third-order valence-corrected chi connectivity index (χ3v) is 10.5. The molecule has 0 saturated carbocycles. The van der Waals surface area contributed by atoms with Crippen molar-refractivity contribution >= 4 is 58.4 Å². The Balaban J connectivity index is 1.16. The van der Waals surface area contributed by atoms with E-state index in [-0.39, 0.29) is 0 Å². The molecule has 0 N–H and O–H groups in total. The first-order valence-electron chi connectivity index (χ1n) is 19.2. The first-order chi connectivity index (χ1) is 26.7. The highest BCUT2D eigenvalue weighted by Crippen LogP contribution is 2.38. The Labute approximate surface area is 328 Å². The molecule has 0 bridgehead atoms.